The van der Waals surface area contributed by atoms with Crippen LogP contribution in [0.3, 0.4) is 0 Å². The maximum atomic E-state index is 13.4. The first-order valence-electron chi connectivity index (χ1n) is 10.9. The van der Waals surface area contributed by atoms with Gasteiger partial charge < -0.3 is 9.47 Å². The van der Waals surface area contributed by atoms with Crippen molar-refractivity contribution in [2.75, 3.05) is 0 Å². The Labute approximate surface area is 205 Å². The molecule has 0 spiro atoms. The van der Waals surface area contributed by atoms with Gasteiger partial charge in [0.05, 0.1) is 12.1 Å². The van der Waals surface area contributed by atoms with Crippen molar-refractivity contribution < 1.29 is 19.1 Å². The zero-order chi connectivity index (χ0) is 24.8. The number of nitrogens with zero attached hydrogens (tertiary/aromatic N) is 1. The van der Waals surface area contributed by atoms with Crippen molar-refractivity contribution in [3.63, 3.8) is 0 Å². The number of rotatable bonds is 7. The summed E-state index contributed by atoms with van der Waals surface area (Å²) in [6.07, 6.45) is 0. The first kappa shape index (κ1) is 25.2. The number of hydrogen-bond donors (Lipinski definition) is 0. The highest BCUT2D eigenvalue weighted by Gasteiger charge is 2.43. The Kier molecular flexibility index (Phi) is 7.90. The van der Waals surface area contributed by atoms with Gasteiger partial charge in [0.15, 0.2) is 11.3 Å². The number of aliphatic imine (C=N–C) groups is 1. The second-order valence-corrected chi connectivity index (χ2v) is 9.38. The summed E-state index contributed by atoms with van der Waals surface area (Å²) in [5.74, 6) is -1.25. The fraction of sp³-hybridized carbons (Fsp3) is 0.250. The van der Waals surface area contributed by atoms with Crippen molar-refractivity contribution in [1.29, 1.82) is 0 Å². The highest BCUT2D eigenvalue weighted by molar-refractivity contribution is 6.40. The molecule has 0 fully saturated rings. The molecule has 0 radical (unpaired) electrons. The number of carbonyl (C=O) groups is 2. The molecule has 0 aliphatic rings. The van der Waals surface area contributed by atoms with Crippen molar-refractivity contribution in [3.05, 3.63) is 107 Å². The fourth-order valence-electron chi connectivity index (χ4n) is 3.32. The molecule has 0 amide bonds. The molecular weight excluding hydrogens is 450 g/mol. The largest absolute Gasteiger partial charge is 0.455 e. The molecule has 176 valence electrons. The molecule has 6 heteroatoms. The molecule has 0 aliphatic heterocycles. The maximum Gasteiger partial charge on any atom is 0.357 e. The van der Waals surface area contributed by atoms with Gasteiger partial charge in [0, 0.05) is 10.6 Å². The molecule has 0 aromatic heterocycles. The van der Waals surface area contributed by atoms with E-state index in [1.807, 2.05) is 36.4 Å². The molecule has 34 heavy (non-hydrogen) atoms. The third kappa shape index (κ3) is 6.55. The van der Waals surface area contributed by atoms with Gasteiger partial charge in [-0.1, -0.05) is 72.3 Å². The topological polar surface area (TPSA) is 65.0 Å². The van der Waals surface area contributed by atoms with Gasteiger partial charge >= 0.3 is 11.9 Å². The molecule has 0 N–H and O–H groups in total. The van der Waals surface area contributed by atoms with Crippen molar-refractivity contribution in [3.8, 4) is 0 Å². The van der Waals surface area contributed by atoms with E-state index >= 15 is 0 Å². The van der Waals surface area contributed by atoms with Gasteiger partial charge in [0.2, 0.25) is 0 Å². The summed E-state index contributed by atoms with van der Waals surface area (Å²) in [5.41, 5.74) is -0.522. The monoisotopic (exact) mass is 477 g/mol. The first-order chi connectivity index (χ1) is 16.1. The van der Waals surface area contributed by atoms with Crippen LogP contribution in [0.5, 0.6) is 0 Å². The number of halogens is 1. The molecule has 3 aromatic rings. The smallest absolute Gasteiger partial charge is 0.357 e. The minimum Gasteiger partial charge on any atom is -0.455 e. The van der Waals surface area contributed by atoms with Crippen LogP contribution in [0.25, 0.3) is 0 Å². The lowest BCUT2D eigenvalue weighted by atomic mass is 9.89. The molecule has 0 aliphatic carbocycles. The van der Waals surface area contributed by atoms with Crippen LogP contribution >= 0.6 is 11.6 Å². The standard InChI is InChI=1S/C28H28ClNO4/c1-27(2,3)33-26(32)24(30-19-20-11-7-5-8-12-20)28(4,22-15-17-23(29)18-16-22)34-25(31)21-13-9-6-10-14-21/h5-18H,19H2,1-4H3. The van der Waals surface area contributed by atoms with E-state index in [0.717, 1.165) is 5.56 Å². The van der Waals surface area contributed by atoms with Gasteiger partial charge in [-0.25, -0.2) is 9.59 Å². The number of carbonyl (C=O) groups excluding carboxylic acids is 2. The number of benzene rings is 3. The van der Waals surface area contributed by atoms with Gasteiger partial charge in [-0.15, -0.1) is 0 Å². The van der Waals surface area contributed by atoms with Crippen LogP contribution in [-0.2, 0) is 26.4 Å². The fourth-order valence-corrected chi connectivity index (χ4v) is 3.45. The van der Waals surface area contributed by atoms with Gasteiger partial charge in [-0.2, -0.15) is 0 Å². The second kappa shape index (κ2) is 10.7. The van der Waals surface area contributed by atoms with Crippen LogP contribution in [0.2, 0.25) is 5.02 Å². The van der Waals surface area contributed by atoms with E-state index in [0.29, 0.717) is 16.1 Å². The highest BCUT2D eigenvalue weighted by atomic mass is 35.5. The SMILES string of the molecule is CC(C)(C)OC(=O)C(=NCc1ccccc1)C(C)(OC(=O)c1ccccc1)c1ccc(Cl)cc1. The van der Waals surface area contributed by atoms with E-state index in [1.165, 1.54) is 0 Å². The Morgan fingerprint density at radius 2 is 1.35 bits per heavy atom. The summed E-state index contributed by atoms with van der Waals surface area (Å²) in [5, 5.41) is 0.514. The lowest BCUT2D eigenvalue weighted by Gasteiger charge is -2.32. The zero-order valence-corrected chi connectivity index (χ0v) is 20.5. The van der Waals surface area contributed by atoms with Crippen LogP contribution in [0.1, 0.15) is 49.2 Å². The highest BCUT2D eigenvalue weighted by Crippen LogP contribution is 2.31. The van der Waals surface area contributed by atoms with Crippen molar-refractivity contribution in [2.24, 2.45) is 4.99 Å². The van der Waals surface area contributed by atoms with Crippen molar-refractivity contribution >= 4 is 29.3 Å². The summed E-state index contributed by atoms with van der Waals surface area (Å²) >= 11 is 6.10. The quantitative estimate of drug-likeness (QED) is 0.292. The number of esters is 2. The molecule has 3 rings (SSSR count). The van der Waals surface area contributed by atoms with Gasteiger partial charge in [-0.05, 0) is 57.5 Å². The molecule has 1 unspecified atom stereocenters. The third-order valence-corrected chi connectivity index (χ3v) is 5.26. The Hall–Kier alpha value is -3.44. The average Bonchev–Trinajstić information content (AvgIpc) is 2.79. The van der Waals surface area contributed by atoms with E-state index in [4.69, 9.17) is 21.1 Å². The molecular formula is C28H28ClNO4. The average molecular weight is 478 g/mol. The van der Waals surface area contributed by atoms with Gasteiger partial charge in [0.1, 0.15) is 5.60 Å². The Morgan fingerprint density at radius 1 is 0.794 bits per heavy atom. The molecule has 0 saturated carbocycles. The van der Waals surface area contributed by atoms with Crippen LogP contribution in [0.15, 0.2) is 89.9 Å². The first-order valence-corrected chi connectivity index (χ1v) is 11.3. The lowest BCUT2D eigenvalue weighted by molar-refractivity contribution is -0.147. The predicted octanol–water partition coefficient (Wildman–Crippen LogP) is 6.40. The van der Waals surface area contributed by atoms with Crippen LogP contribution in [0.4, 0.5) is 0 Å². The van der Waals surface area contributed by atoms with E-state index in [-0.39, 0.29) is 12.3 Å². The maximum absolute atomic E-state index is 13.4. The van der Waals surface area contributed by atoms with E-state index in [2.05, 4.69) is 4.99 Å². The molecule has 5 nitrogen and oxygen atoms in total. The molecule has 1 atom stereocenters. The molecule has 3 aromatic carbocycles. The van der Waals surface area contributed by atoms with Gasteiger partial charge in [-0.3, -0.25) is 4.99 Å². The minimum atomic E-state index is -1.53. The predicted molar refractivity (Wildman–Crippen MR) is 134 cm³/mol. The van der Waals surface area contributed by atoms with Crippen LogP contribution < -0.4 is 0 Å². The summed E-state index contributed by atoms with van der Waals surface area (Å²) in [6, 6.07) is 24.9. The summed E-state index contributed by atoms with van der Waals surface area (Å²) in [4.78, 5) is 31.2. The van der Waals surface area contributed by atoms with Crippen LogP contribution in [-0.4, -0.2) is 23.3 Å². The Bertz CT molecular complexity index is 1150. The Balaban J connectivity index is 2.12. The molecule has 0 heterocycles. The van der Waals surface area contributed by atoms with Crippen LogP contribution in [0, 0.1) is 0 Å². The summed E-state index contributed by atoms with van der Waals surface area (Å²) in [6.45, 7) is 7.17. The third-order valence-electron chi connectivity index (χ3n) is 5.01. The number of ether oxygens (including phenoxy) is 2. The summed E-state index contributed by atoms with van der Waals surface area (Å²) in [7, 11) is 0. The Morgan fingerprint density at radius 3 is 1.91 bits per heavy atom. The second-order valence-electron chi connectivity index (χ2n) is 8.95. The zero-order valence-electron chi connectivity index (χ0n) is 19.7. The van der Waals surface area contributed by atoms with Gasteiger partial charge in [0.25, 0.3) is 0 Å². The van der Waals surface area contributed by atoms with Crippen molar-refractivity contribution in [2.45, 2.75) is 45.4 Å². The minimum absolute atomic E-state index is 0.0159. The molecule has 0 bridgehead atoms. The van der Waals surface area contributed by atoms with E-state index in [1.54, 1.807) is 76.2 Å². The van der Waals surface area contributed by atoms with Crippen molar-refractivity contribution in [1.82, 2.24) is 0 Å². The lowest BCUT2D eigenvalue weighted by Crippen LogP contribution is -2.45. The summed E-state index contributed by atoms with van der Waals surface area (Å²) < 4.78 is 11.7. The van der Waals surface area contributed by atoms with E-state index in [9.17, 15) is 9.59 Å². The molecule has 0 saturated heterocycles. The number of hydrogen-bond acceptors (Lipinski definition) is 5. The van der Waals surface area contributed by atoms with E-state index < -0.39 is 23.1 Å². The normalized spacial score (nSPS) is 13.6.